The molecule has 328 valence electrons. The maximum absolute atomic E-state index is 15.8. The van der Waals surface area contributed by atoms with Crippen molar-refractivity contribution < 1.29 is 67.3 Å². The molecule has 10 unspecified atom stereocenters. The summed E-state index contributed by atoms with van der Waals surface area (Å²) in [5.41, 5.74) is -7.12. The third-order valence-electron chi connectivity index (χ3n) is 14.1. The van der Waals surface area contributed by atoms with E-state index in [1.54, 1.807) is 95.6 Å². The molecule has 5 aliphatic rings. The van der Waals surface area contributed by atoms with E-state index >= 15 is 4.79 Å². The summed E-state index contributed by atoms with van der Waals surface area (Å²) in [7, 11) is 0.361. The number of fused-ring (bicyclic) bond motifs is 5. The van der Waals surface area contributed by atoms with Crippen molar-refractivity contribution in [3.63, 3.8) is 0 Å². The minimum Gasteiger partial charge on any atom is -0.456 e. The number of benzene rings is 2. The van der Waals surface area contributed by atoms with Crippen molar-refractivity contribution in [1.82, 2.24) is 4.81 Å². The smallest absolute Gasteiger partial charge is 0.379 e. The van der Waals surface area contributed by atoms with Crippen LogP contribution >= 0.6 is 0 Å². The summed E-state index contributed by atoms with van der Waals surface area (Å²) in [6.45, 7) is 13.7. The Morgan fingerprint density at radius 1 is 0.902 bits per heavy atom. The summed E-state index contributed by atoms with van der Waals surface area (Å²) < 4.78 is 43.6. The number of ketones is 1. The van der Waals surface area contributed by atoms with Crippen LogP contribution in [0.25, 0.3) is 0 Å². The average molecular weight is 846 g/mol. The molecule has 2 aromatic rings. The summed E-state index contributed by atoms with van der Waals surface area (Å²) in [4.78, 5) is 72.8. The molecule has 15 nitrogen and oxygen atoms in total. The molecule has 3 aliphatic carbocycles. The van der Waals surface area contributed by atoms with E-state index in [-0.39, 0.29) is 24.2 Å². The number of nitrogens with zero attached hydrogens (tertiary/aromatic N) is 1. The molecule has 2 aliphatic heterocycles. The Labute approximate surface area is 356 Å². The highest BCUT2D eigenvalue weighted by molar-refractivity contribution is 6.45. The molecule has 11 atom stereocenters. The van der Waals surface area contributed by atoms with Crippen molar-refractivity contribution in [2.24, 2.45) is 16.7 Å². The van der Waals surface area contributed by atoms with E-state index in [1.165, 1.54) is 14.0 Å². The van der Waals surface area contributed by atoms with Crippen molar-refractivity contribution in [3.8, 4) is 0 Å². The van der Waals surface area contributed by atoms with E-state index in [0.29, 0.717) is 11.1 Å². The number of carbonyl (C=O) groups excluding carboxylic acids is 5. The minimum atomic E-state index is -2.26. The van der Waals surface area contributed by atoms with Crippen LogP contribution in [0.3, 0.4) is 0 Å². The van der Waals surface area contributed by atoms with Crippen molar-refractivity contribution in [1.29, 1.82) is 0 Å². The van der Waals surface area contributed by atoms with Gasteiger partial charge in [-0.1, -0.05) is 62.4 Å². The van der Waals surface area contributed by atoms with Crippen LogP contribution in [0.5, 0.6) is 0 Å². The van der Waals surface area contributed by atoms with E-state index in [1.807, 2.05) is 18.2 Å². The van der Waals surface area contributed by atoms with Crippen molar-refractivity contribution in [2.75, 3.05) is 13.7 Å². The molecule has 0 radical (unpaired) electrons. The summed E-state index contributed by atoms with van der Waals surface area (Å²) in [5, 5.41) is 24.9. The normalized spacial score (nSPS) is 36.2. The van der Waals surface area contributed by atoms with Crippen LogP contribution in [0.4, 0.5) is 0 Å². The Morgan fingerprint density at radius 2 is 1.52 bits per heavy atom. The van der Waals surface area contributed by atoms with Crippen LogP contribution < -0.4 is 0 Å². The van der Waals surface area contributed by atoms with Gasteiger partial charge < -0.3 is 43.3 Å². The van der Waals surface area contributed by atoms with Gasteiger partial charge in [0.05, 0.1) is 35.6 Å². The molecule has 16 heteroatoms. The summed E-state index contributed by atoms with van der Waals surface area (Å²) >= 11 is 0. The van der Waals surface area contributed by atoms with Crippen molar-refractivity contribution in [2.45, 2.75) is 135 Å². The van der Waals surface area contributed by atoms with Crippen LogP contribution in [-0.4, -0.2) is 119 Å². The molecule has 0 spiro atoms. The van der Waals surface area contributed by atoms with Gasteiger partial charge in [0.15, 0.2) is 23.6 Å². The quantitative estimate of drug-likeness (QED) is 0.158. The maximum atomic E-state index is 15.8. The maximum Gasteiger partial charge on any atom is 0.379 e. The lowest BCUT2D eigenvalue weighted by molar-refractivity contribution is -0.347. The lowest BCUT2D eigenvalue weighted by Crippen LogP contribution is -2.82. The third-order valence-corrected chi connectivity index (χ3v) is 14.1. The molecule has 61 heavy (non-hydrogen) atoms. The number of hydrogen-bond acceptors (Lipinski definition) is 15. The second kappa shape index (κ2) is 15.7. The fourth-order valence-electron chi connectivity index (χ4n) is 11.3. The monoisotopic (exact) mass is 845 g/mol. The average Bonchev–Trinajstić information content (AvgIpc) is 3.49. The molecule has 4 fully saturated rings. The Bertz CT molecular complexity index is 2110. The van der Waals surface area contributed by atoms with Gasteiger partial charge in [0, 0.05) is 39.2 Å². The largest absolute Gasteiger partial charge is 0.456 e. The Hall–Kier alpha value is -4.45. The van der Waals surface area contributed by atoms with Gasteiger partial charge in [0.25, 0.3) is 0 Å². The Kier molecular flexibility index (Phi) is 11.5. The van der Waals surface area contributed by atoms with E-state index < -0.39 is 119 Å². The van der Waals surface area contributed by atoms with Crippen LogP contribution in [0.1, 0.15) is 90.2 Å². The highest BCUT2D eigenvalue weighted by Gasteiger charge is 2.78. The first-order valence-electron chi connectivity index (χ1n) is 20.7. The number of rotatable bonds is 9. The van der Waals surface area contributed by atoms with Gasteiger partial charge in [-0.05, 0) is 63.4 Å². The number of aliphatic hydroxyl groups is 1. The highest BCUT2D eigenvalue weighted by Crippen LogP contribution is 2.65. The molecule has 0 aromatic heterocycles. The van der Waals surface area contributed by atoms with Crippen molar-refractivity contribution >= 4 is 36.7 Å². The summed E-state index contributed by atoms with van der Waals surface area (Å²) in [6.07, 6.45) is -8.13. The zero-order valence-electron chi connectivity index (χ0n) is 36.3. The Morgan fingerprint density at radius 3 is 2.07 bits per heavy atom. The molecule has 2 saturated carbocycles. The van der Waals surface area contributed by atoms with Gasteiger partial charge >= 0.3 is 30.9 Å². The van der Waals surface area contributed by atoms with Crippen LogP contribution in [0.15, 0.2) is 71.8 Å². The van der Waals surface area contributed by atoms with Gasteiger partial charge in [0.2, 0.25) is 0 Å². The molecule has 2 saturated heterocycles. The number of Topliss-reactive ketones (excluding diaryl/α,β-unsaturated/α-hetero) is 1. The van der Waals surface area contributed by atoms with Gasteiger partial charge in [-0.3, -0.25) is 19.2 Å². The van der Waals surface area contributed by atoms with Crippen LogP contribution in [0, 0.1) is 16.7 Å². The van der Waals surface area contributed by atoms with Crippen molar-refractivity contribution in [3.05, 3.63) is 82.9 Å². The number of methoxy groups -OCH3 is 1. The molecule has 2 aromatic carbocycles. The second-order valence-corrected chi connectivity index (χ2v) is 18.3. The number of hydrogen-bond donors (Lipinski definition) is 2. The lowest BCUT2D eigenvalue weighted by Gasteiger charge is -2.67. The first-order chi connectivity index (χ1) is 28.6. The van der Waals surface area contributed by atoms with E-state index in [2.05, 4.69) is 0 Å². The number of ether oxygens (including phenoxy) is 7. The topological polar surface area (TPSA) is 194 Å². The molecule has 2 heterocycles. The predicted octanol–water partition coefficient (Wildman–Crippen LogP) is 4.15. The van der Waals surface area contributed by atoms with Gasteiger partial charge in [-0.2, -0.15) is 0 Å². The van der Waals surface area contributed by atoms with E-state index in [4.69, 9.17) is 33.2 Å². The first-order valence-corrected chi connectivity index (χ1v) is 20.7. The molecule has 7 rings (SSSR count). The number of esters is 4. The summed E-state index contributed by atoms with van der Waals surface area (Å²) in [5.74, 6) is -5.23. The molecular formula is C45H56BNO14. The predicted molar refractivity (Wildman–Crippen MR) is 217 cm³/mol. The lowest BCUT2D eigenvalue weighted by atomic mass is 9.44. The highest BCUT2D eigenvalue weighted by atomic mass is 16.6. The zero-order chi connectivity index (χ0) is 44.6. The summed E-state index contributed by atoms with van der Waals surface area (Å²) in [6, 6.07) is 16.4. The minimum absolute atomic E-state index is 0.0680. The zero-order valence-corrected chi connectivity index (χ0v) is 36.3. The number of carbonyl (C=O) groups is 5. The Balaban J connectivity index is 1.45. The van der Waals surface area contributed by atoms with Gasteiger partial charge in [0.1, 0.15) is 29.6 Å². The fourth-order valence-corrected chi connectivity index (χ4v) is 11.3. The van der Waals surface area contributed by atoms with E-state index in [0.717, 1.165) is 6.92 Å². The fraction of sp³-hybridized carbons (Fsp3) is 0.578. The van der Waals surface area contributed by atoms with Crippen LogP contribution in [-0.2, 0) is 52.3 Å². The molecule has 0 amide bonds. The third kappa shape index (κ3) is 6.94. The molecule has 2 bridgehead atoms. The first kappa shape index (κ1) is 44.6. The SMILES string of the molecule is COC1CC2OCC2(OC(C)=O)C2C(OC(=O)c3ccccc3)C3(O)CC(OC(=O)C4OC(C)(C)N(B(C)O)C4c4ccccc4)C(C)=C(C(OC(C)=O)C(=O)[C@]12C)C3(C)C. The second-order valence-electron chi connectivity index (χ2n) is 18.3. The van der Waals surface area contributed by atoms with Gasteiger partial charge in [-0.25, -0.2) is 9.59 Å². The molecular weight excluding hydrogens is 789 g/mol. The van der Waals surface area contributed by atoms with Gasteiger partial charge in [-0.15, -0.1) is 0 Å². The molecule has 2 N–H and O–H groups in total. The standard InChI is InChI=1S/C45H56BNO14/c1-24-29(58-40(52)35-33(27-17-13-11-14-18-27)47(46(9)54)42(6,7)61-35)22-45(53)38(59-39(51)28-19-15-12-16-20-28)36-43(8,37(50)34(57-25(2)48)32(24)41(45,4)5)30(55-10)21-31-44(36,23-56-31)60-26(3)49/h11-20,29-31,33-36,38,53-54H,21-23H2,1-10H3/t29?,30?,31?,33?,34?,35?,36?,38?,43-,44?,45?/m1/s1. The van der Waals surface area contributed by atoms with E-state index in [9.17, 15) is 29.3 Å². The van der Waals surface area contributed by atoms with Crippen LogP contribution in [0.2, 0.25) is 6.82 Å².